The quantitative estimate of drug-likeness (QED) is 0.767. The van der Waals surface area contributed by atoms with Gasteiger partial charge >= 0.3 is 0 Å². The van der Waals surface area contributed by atoms with Gasteiger partial charge in [-0.25, -0.2) is 13.4 Å². The number of aromatic nitrogens is 2. The van der Waals surface area contributed by atoms with Crippen LogP contribution in [0.15, 0.2) is 48.9 Å². The van der Waals surface area contributed by atoms with Crippen molar-refractivity contribution in [3.8, 4) is 16.8 Å². The molecule has 3 aromatic rings. The third-order valence-electron chi connectivity index (χ3n) is 4.45. The SMILES string of the molecule is Cc1cc2c(c(-c3ccc(-n4cnc(C)c4)cc3)c1)NS(=O)(=O)CC2. The summed E-state index contributed by atoms with van der Waals surface area (Å²) < 4.78 is 28.7. The number of aryl methyl sites for hydroxylation is 3. The van der Waals surface area contributed by atoms with Gasteiger partial charge in [0, 0.05) is 17.4 Å². The van der Waals surface area contributed by atoms with Crippen molar-refractivity contribution >= 4 is 15.7 Å². The van der Waals surface area contributed by atoms with Gasteiger partial charge in [-0.15, -0.1) is 0 Å². The van der Waals surface area contributed by atoms with Gasteiger partial charge in [0.05, 0.1) is 23.5 Å². The van der Waals surface area contributed by atoms with Gasteiger partial charge in [0.15, 0.2) is 0 Å². The normalized spacial score (nSPS) is 15.4. The van der Waals surface area contributed by atoms with Crippen molar-refractivity contribution in [1.29, 1.82) is 0 Å². The molecule has 2 aromatic carbocycles. The Morgan fingerprint density at radius 2 is 1.88 bits per heavy atom. The molecule has 1 N–H and O–H groups in total. The van der Waals surface area contributed by atoms with Gasteiger partial charge < -0.3 is 4.57 Å². The van der Waals surface area contributed by atoms with Crippen LogP contribution < -0.4 is 4.72 Å². The van der Waals surface area contributed by atoms with Crippen LogP contribution >= 0.6 is 0 Å². The summed E-state index contributed by atoms with van der Waals surface area (Å²) in [6.07, 6.45) is 4.30. The maximum absolute atomic E-state index is 12.0. The summed E-state index contributed by atoms with van der Waals surface area (Å²) in [7, 11) is -3.25. The van der Waals surface area contributed by atoms with Crippen LogP contribution in [0.1, 0.15) is 16.8 Å². The molecular formula is C19H19N3O2S. The summed E-state index contributed by atoms with van der Waals surface area (Å²) in [4.78, 5) is 4.25. The van der Waals surface area contributed by atoms with Gasteiger partial charge in [-0.3, -0.25) is 4.72 Å². The number of benzene rings is 2. The molecule has 0 amide bonds. The summed E-state index contributed by atoms with van der Waals surface area (Å²) in [5, 5.41) is 0. The van der Waals surface area contributed by atoms with Crippen molar-refractivity contribution in [1.82, 2.24) is 9.55 Å². The highest BCUT2D eigenvalue weighted by atomic mass is 32.2. The molecule has 0 atom stereocenters. The summed E-state index contributed by atoms with van der Waals surface area (Å²) in [6, 6.07) is 12.2. The maximum atomic E-state index is 12.0. The van der Waals surface area contributed by atoms with E-state index in [4.69, 9.17) is 0 Å². The Balaban J connectivity index is 1.78. The number of rotatable bonds is 2. The first-order chi connectivity index (χ1) is 11.9. The zero-order valence-electron chi connectivity index (χ0n) is 14.2. The molecule has 4 rings (SSSR count). The van der Waals surface area contributed by atoms with E-state index in [0.29, 0.717) is 12.1 Å². The zero-order valence-corrected chi connectivity index (χ0v) is 15.0. The lowest BCUT2D eigenvalue weighted by molar-refractivity contribution is 0.599. The van der Waals surface area contributed by atoms with E-state index in [1.54, 1.807) is 6.33 Å². The first kappa shape index (κ1) is 15.9. The first-order valence-corrected chi connectivity index (χ1v) is 9.82. The molecule has 0 saturated heterocycles. The summed E-state index contributed by atoms with van der Waals surface area (Å²) >= 11 is 0. The molecule has 0 unspecified atom stereocenters. The minimum absolute atomic E-state index is 0.141. The molecule has 0 bridgehead atoms. The first-order valence-electron chi connectivity index (χ1n) is 8.17. The van der Waals surface area contributed by atoms with Gasteiger partial charge in [0.2, 0.25) is 10.0 Å². The Kier molecular flexibility index (Phi) is 3.65. The summed E-state index contributed by atoms with van der Waals surface area (Å²) in [6.45, 7) is 3.99. The van der Waals surface area contributed by atoms with Crippen LogP contribution in [0.5, 0.6) is 0 Å². The third-order valence-corrected chi connectivity index (χ3v) is 5.71. The van der Waals surface area contributed by atoms with E-state index in [1.165, 1.54) is 0 Å². The molecule has 25 heavy (non-hydrogen) atoms. The van der Waals surface area contributed by atoms with Gasteiger partial charge in [-0.1, -0.05) is 23.8 Å². The number of nitrogens with one attached hydrogen (secondary N) is 1. The van der Waals surface area contributed by atoms with E-state index in [0.717, 1.165) is 33.6 Å². The molecule has 0 radical (unpaired) electrons. The number of sulfonamides is 1. The lowest BCUT2D eigenvalue weighted by Gasteiger charge is -2.22. The van der Waals surface area contributed by atoms with Gasteiger partial charge in [-0.05, 0) is 49.6 Å². The van der Waals surface area contributed by atoms with E-state index in [9.17, 15) is 8.42 Å². The van der Waals surface area contributed by atoms with Gasteiger partial charge in [0.25, 0.3) is 0 Å². The molecule has 6 heteroatoms. The number of fused-ring (bicyclic) bond motifs is 1. The van der Waals surface area contributed by atoms with Crippen LogP contribution in [0, 0.1) is 13.8 Å². The molecule has 1 aliphatic rings. The molecule has 2 heterocycles. The lowest BCUT2D eigenvalue weighted by Crippen LogP contribution is -2.24. The highest BCUT2D eigenvalue weighted by Crippen LogP contribution is 2.36. The summed E-state index contributed by atoms with van der Waals surface area (Å²) in [5.41, 5.74) is 6.79. The van der Waals surface area contributed by atoms with Crippen LogP contribution in [-0.2, 0) is 16.4 Å². The van der Waals surface area contributed by atoms with E-state index in [-0.39, 0.29) is 5.75 Å². The van der Waals surface area contributed by atoms with Crippen molar-refractivity contribution in [2.45, 2.75) is 20.3 Å². The predicted octanol–water partition coefficient (Wildman–Crippen LogP) is 3.45. The van der Waals surface area contributed by atoms with Crippen molar-refractivity contribution < 1.29 is 8.42 Å². The Morgan fingerprint density at radius 1 is 1.12 bits per heavy atom. The number of hydrogen-bond donors (Lipinski definition) is 1. The van der Waals surface area contributed by atoms with Crippen LogP contribution in [0.2, 0.25) is 0 Å². The monoisotopic (exact) mass is 353 g/mol. The number of hydrogen-bond acceptors (Lipinski definition) is 3. The van der Waals surface area contributed by atoms with E-state index >= 15 is 0 Å². The predicted molar refractivity (Wildman–Crippen MR) is 99.6 cm³/mol. The van der Waals surface area contributed by atoms with Crippen LogP contribution in [0.4, 0.5) is 5.69 Å². The lowest BCUT2D eigenvalue weighted by atomic mass is 9.96. The molecule has 5 nitrogen and oxygen atoms in total. The molecule has 0 fully saturated rings. The second-order valence-electron chi connectivity index (χ2n) is 6.49. The van der Waals surface area contributed by atoms with Gasteiger partial charge in [-0.2, -0.15) is 0 Å². The van der Waals surface area contributed by atoms with Gasteiger partial charge in [0.1, 0.15) is 0 Å². The Hall–Kier alpha value is -2.60. The van der Waals surface area contributed by atoms with Crippen molar-refractivity contribution in [2.24, 2.45) is 0 Å². The topological polar surface area (TPSA) is 64.0 Å². The highest BCUT2D eigenvalue weighted by molar-refractivity contribution is 7.92. The smallest absolute Gasteiger partial charge is 0.233 e. The van der Waals surface area contributed by atoms with Crippen LogP contribution in [0.25, 0.3) is 16.8 Å². The molecular weight excluding hydrogens is 334 g/mol. The van der Waals surface area contributed by atoms with Crippen LogP contribution in [0.3, 0.4) is 0 Å². The minimum Gasteiger partial charge on any atom is -0.306 e. The maximum Gasteiger partial charge on any atom is 0.233 e. The largest absolute Gasteiger partial charge is 0.306 e. The molecule has 0 spiro atoms. The second-order valence-corrected chi connectivity index (χ2v) is 8.33. The third kappa shape index (κ3) is 3.05. The Bertz CT molecular complexity index is 1050. The Labute approximate surface area is 147 Å². The fourth-order valence-electron chi connectivity index (χ4n) is 3.23. The van der Waals surface area contributed by atoms with Crippen LogP contribution in [-0.4, -0.2) is 23.7 Å². The highest BCUT2D eigenvalue weighted by Gasteiger charge is 2.23. The average Bonchev–Trinajstić information content (AvgIpc) is 3.01. The zero-order chi connectivity index (χ0) is 17.6. The Morgan fingerprint density at radius 3 is 2.56 bits per heavy atom. The van der Waals surface area contributed by atoms with Crippen molar-refractivity contribution in [3.05, 3.63) is 65.7 Å². The van der Waals surface area contributed by atoms with E-state index in [1.807, 2.05) is 54.9 Å². The second kappa shape index (κ2) is 5.74. The minimum atomic E-state index is -3.25. The molecule has 1 aromatic heterocycles. The standard InChI is InChI=1S/C19H19N3O2S/c1-13-9-16-7-8-25(23,24)21-19(16)18(10-13)15-3-5-17(6-4-15)22-11-14(2)20-12-22/h3-6,9-12,21H,7-8H2,1-2H3. The summed E-state index contributed by atoms with van der Waals surface area (Å²) in [5.74, 6) is 0.141. The van der Waals surface area contributed by atoms with E-state index in [2.05, 4.69) is 15.8 Å². The molecule has 0 aliphatic carbocycles. The molecule has 128 valence electrons. The number of anilines is 1. The van der Waals surface area contributed by atoms with Crippen molar-refractivity contribution in [3.63, 3.8) is 0 Å². The molecule has 0 saturated carbocycles. The average molecular weight is 353 g/mol. The number of nitrogens with zero attached hydrogens (tertiary/aromatic N) is 2. The van der Waals surface area contributed by atoms with Crippen molar-refractivity contribution in [2.75, 3.05) is 10.5 Å². The molecule has 1 aliphatic heterocycles. The fourth-order valence-corrected chi connectivity index (χ4v) is 4.38. The van der Waals surface area contributed by atoms with E-state index < -0.39 is 10.0 Å². The fraction of sp³-hybridized carbons (Fsp3) is 0.211. The number of imidazole rings is 1.